The lowest BCUT2D eigenvalue weighted by Gasteiger charge is -2.16. The quantitative estimate of drug-likeness (QED) is 0.408. The van der Waals surface area contributed by atoms with Crippen LogP contribution in [0.1, 0.15) is 31.4 Å². The zero-order valence-electron chi connectivity index (χ0n) is 13.8. The van der Waals surface area contributed by atoms with Crippen LogP contribution in [0.3, 0.4) is 0 Å². The Balaban J connectivity index is 2.96. The van der Waals surface area contributed by atoms with Crippen LogP contribution in [0.4, 0.5) is 5.69 Å². The summed E-state index contributed by atoms with van der Waals surface area (Å²) in [6.07, 6.45) is 0.834. The standard InChI is InChI=1S/C15H23N3O5/c1-10(16-2)11-8-13(22-4)14(9-12(11)18(20)21)23-7-5-6-15(19)17-3/h8-10,16H,5-7H2,1-4H3,(H,17,19). The first kappa shape index (κ1) is 18.7. The van der Waals surface area contributed by atoms with Crippen molar-refractivity contribution in [2.24, 2.45) is 0 Å². The van der Waals surface area contributed by atoms with Gasteiger partial charge in [0.2, 0.25) is 5.91 Å². The molecule has 0 aliphatic carbocycles. The number of benzene rings is 1. The van der Waals surface area contributed by atoms with Gasteiger partial charge in [-0.1, -0.05) is 0 Å². The number of carbonyl (C=O) groups excluding carboxylic acids is 1. The fourth-order valence-electron chi connectivity index (χ4n) is 2.04. The molecule has 1 atom stereocenters. The van der Waals surface area contributed by atoms with Crippen LogP contribution in [-0.4, -0.2) is 38.6 Å². The Bertz CT molecular complexity index is 562. The summed E-state index contributed by atoms with van der Waals surface area (Å²) in [5, 5.41) is 16.8. The predicted molar refractivity (Wildman–Crippen MR) is 85.9 cm³/mol. The van der Waals surface area contributed by atoms with E-state index < -0.39 is 4.92 Å². The number of carbonyl (C=O) groups is 1. The molecule has 1 aromatic carbocycles. The second-order valence-corrected chi connectivity index (χ2v) is 4.95. The molecule has 0 spiro atoms. The van der Waals surface area contributed by atoms with Crippen LogP contribution in [0.5, 0.6) is 11.5 Å². The van der Waals surface area contributed by atoms with Gasteiger partial charge in [-0.05, 0) is 26.5 Å². The number of nitrogens with zero attached hydrogens (tertiary/aromatic N) is 1. The van der Waals surface area contributed by atoms with Gasteiger partial charge in [0.15, 0.2) is 11.5 Å². The van der Waals surface area contributed by atoms with Gasteiger partial charge in [-0.3, -0.25) is 14.9 Å². The van der Waals surface area contributed by atoms with E-state index in [0.717, 1.165) is 0 Å². The van der Waals surface area contributed by atoms with Crippen molar-refractivity contribution in [2.45, 2.75) is 25.8 Å². The molecule has 0 aromatic heterocycles. The van der Waals surface area contributed by atoms with Crippen LogP contribution in [0.2, 0.25) is 0 Å². The van der Waals surface area contributed by atoms with Crippen molar-refractivity contribution in [3.8, 4) is 11.5 Å². The Morgan fingerprint density at radius 1 is 1.35 bits per heavy atom. The molecule has 128 valence electrons. The van der Waals surface area contributed by atoms with Gasteiger partial charge >= 0.3 is 0 Å². The van der Waals surface area contributed by atoms with E-state index in [-0.39, 0.29) is 24.2 Å². The molecular weight excluding hydrogens is 302 g/mol. The van der Waals surface area contributed by atoms with Crippen molar-refractivity contribution in [2.75, 3.05) is 27.8 Å². The molecule has 1 aromatic rings. The summed E-state index contributed by atoms with van der Waals surface area (Å²) in [5.41, 5.74) is 0.487. The molecule has 8 nitrogen and oxygen atoms in total. The first-order chi connectivity index (χ1) is 10.9. The Hall–Kier alpha value is -2.35. The third-order valence-corrected chi connectivity index (χ3v) is 3.49. The third-order valence-electron chi connectivity index (χ3n) is 3.49. The van der Waals surface area contributed by atoms with Crippen molar-refractivity contribution in [3.63, 3.8) is 0 Å². The van der Waals surface area contributed by atoms with Crippen LogP contribution in [0.15, 0.2) is 12.1 Å². The maximum atomic E-state index is 11.3. The maximum Gasteiger partial charge on any atom is 0.278 e. The minimum absolute atomic E-state index is 0.0334. The van der Waals surface area contributed by atoms with E-state index in [4.69, 9.17) is 9.47 Å². The molecule has 0 bridgehead atoms. The zero-order chi connectivity index (χ0) is 17.4. The minimum Gasteiger partial charge on any atom is -0.493 e. The highest BCUT2D eigenvalue weighted by molar-refractivity contribution is 5.75. The highest BCUT2D eigenvalue weighted by Crippen LogP contribution is 2.37. The van der Waals surface area contributed by atoms with Crippen LogP contribution < -0.4 is 20.1 Å². The summed E-state index contributed by atoms with van der Waals surface area (Å²) < 4.78 is 10.8. The molecule has 23 heavy (non-hydrogen) atoms. The van der Waals surface area contributed by atoms with Gasteiger partial charge in [-0.2, -0.15) is 0 Å². The topological polar surface area (TPSA) is 103 Å². The number of methoxy groups -OCH3 is 1. The van der Waals surface area contributed by atoms with E-state index in [0.29, 0.717) is 29.9 Å². The molecule has 2 N–H and O–H groups in total. The zero-order valence-corrected chi connectivity index (χ0v) is 13.8. The SMILES string of the molecule is CNC(=O)CCCOc1cc([N+](=O)[O-])c(C(C)NC)cc1OC. The first-order valence-electron chi connectivity index (χ1n) is 7.31. The number of amides is 1. The smallest absolute Gasteiger partial charge is 0.278 e. The molecule has 0 radical (unpaired) electrons. The molecule has 8 heteroatoms. The lowest BCUT2D eigenvalue weighted by Crippen LogP contribution is -2.18. The fraction of sp³-hybridized carbons (Fsp3) is 0.533. The predicted octanol–water partition coefficient (Wildman–Crippen LogP) is 1.79. The summed E-state index contributed by atoms with van der Waals surface area (Å²) in [6.45, 7) is 2.09. The summed E-state index contributed by atoms with van der Waals surface area (Å²) in [4.78, 5) is 22.0. The Morgan fingerprint density at radius 3 is 2.57 bits per heavy atom. The van der Waals surface area contributed by atoms with E-state index in [9.17, 15) is 14.9 Å². The highest BCUT2D eigenvalue weighted by Gasteiger charge is 2.22. The average Bonchev–Trinajstić information content (AvgIpc) is 2.56. The summed E-state index contributed by atoms with van der Waals surface area (Å²) in [6, 6.07) is 2.77. The van der Waals surface area contributed by atoms with E-state index in [2.05, 4.69) is 10.6 Å². The molecule has 0 fully saturated rings. The summed E-state index contributed by atoms with van der Waals surface area (Å²) in [5.74, 6) is 0.639. The summed E-state index contributed by atoms with van der Waals surface area (Å²) >= 11 is 0. The maximum absolute atomic E-state index is 11.3. The number of rotatable bonds is 9. The molecular formula is C15H23N3O5. The number of ether oxygens (including phenoxy) is 2. The van der Waals surface area contributed by atoms with E-state index >= 15 is 0 Å². The monoisotopic (exact) mass is 325 g/mol. The van der Waals surface area contributed by atoms with Gasteiger partial charge in [0.05, 0.1) is 30.3 Å². The van der Waals surface area contributed by atoms with Gasteiger partial charge in [0, 0.05) is 19.5 Å². The van der Waals surface area contributed by atoms with Crippen LogP contribution in [0.25, 0.3) is 0 Å². The van der Waals surface area contributed by atoms with Crippen LogP contribution >= 0.6 is 0 Å². The van der Waals surface area contributed by atoms with Crippen molar-refractivity contribution < 1.29 is 19.2 Å². The molecule has 0 heterocycles. The van der Waals surface area contributed by atoms with Gasteiger partial charge in [-0.25, -0.2) is 0 Å². The molecule has 0 saturated heterocycles. The Kier molecular flexibility index (Phi) is 7.27. The minimum atomic E-state index is -0.444. The van der Waals surface area contributed by atoms with Gasteiger partial charge in [0.1, 0.15) is 0 Å². The van der Waals surface area contributed by atoms with Crippen LogP contribution in [-0.2, 0) is 4.79 Å². The molecule has 0 aliphatic rings. The Morgan fingerprint density at radius 2 is 2.04 bits per heavy atom. The van der Waals surface area contributed by atoms with Gasteiger partial charge < -0.3 is 20.1 Å². The number of nitro groups is 1. The van der Waals surface area contributed by atoms with Crippen molar-refractivity contribution >= 4 is 11.6 Å². The van der Waals surface area contributed by atoms with Gasteiger partial charge in [-0.15, -0.1) is 0 Å². The number of hydrogen-bond acceptors (Lipinski definition) is 6. The lowest BCUT2D eigenvalue weighted by molar-refractivity contribution is -0.385. The number of nitro benzene ring substituents is 1. The molecule has 1 rings (SSSR count). The third kappa shape index (κ3) is 5.10. The first-order valence-corrected chi connectivity index (χ1v) is 7.31. The second-order valence-electron chi connectivity index (χ2n) is 4.95. The average molecular weight is 325 g/mol. The van der Waals surface area contributed by atoms with Crippen molar-refractivity contribution in [3.05, 3.63) is 27.8 Å². The fourth-order valence-corrected chi connectivity index (χ4v) is 2.04. The number of nitrogens with one attached hydrogen (secondary N) is 2. The van der Waals surface area contributed by atoms with Crippen molar-refractivity contribution in [1.29, 1.82) is 0 Å². The lowest BCUT2D eigenvalue weighted by atomic mass is 10.1. The normalized spacial score (nSPS) is 11.7. The van der Waals surface area contributed by atoms with Gasteiger partial charge in [0.25, 0.3) is 5.69 Å². The largest absolute Gasteiger partial charge is 0.493 e. The number of hydrogen-bond donors (Lipinski definition) is 2. The second kappa shape index (κ2) is 8.94. The van der Waals surface area contributed by atoms with E-state index in [1.165, 1.54) is 13.2 Å². The molecule has 1 amide bonds. The summed E-state index contributed by atoms with van der Waals surface area (Å²) in [7, 11) is 4.77. The highest BCUT2D eigenvalue weighted by atomic mass is 16.6. The van der Waals surface area contributed by atoms with E-state index in [1.54, 1.807) is 20.2 Å². The Labute approximate surface area is 135 Å². The molecule has 0 saturated carbocycles. The molecule has 1 unspecified atom stereocenters. The van der Waals surface area contributed by atoms with E-state index in [1.807, 2.05) is 6.92 Å². The van der Waals surface area contributed by atoms with Crippen LogP contribution in [0, 0.1) is 10.1 Å². The van der Waals surface area contributed by atoms with Crippen molar-refractivity contribution in [1.82, 2.24) is 10.6 Å². The molecule has 0 aliphatic heterocycles.